The van der Waals surface area contributed by atoms with E-state index < -0.39 is 0 Å². The van der Waals surface area contributed by atoms with Crippen molar-refractivity contribution in [3.8, 4) is 40.6 Å². The molecule has 12 rings (SSSR count). The van der Waals surface area contributed by atoms with Crippen LogP contribution in [0.3, 0.4) is 0 Å². The Hall–Kier alpha value is -8.30. The van der Waals surface area contributed by atoms with Crippen LogP contribution < -0.4 is 9.47 Å². The summed E-state index contributed by atoms with van der Waals surface area (Å²) in [5.74, 6) is 5.05. The van der Waals surface area contributed by atoms with E-state index in [2.05, 4.69) is 132 Å². The summed E-state index contributed by atoms with van der Waals surface area (Å²) in [7, 11) is 0. The molecule has 0 atom stereocenters. The van der Waals surface area contributed by atoms with Gasteiger partial charge in [-0.1, -0.05) is 69.3 Å². The third-order valence-electron chi connectivity index (χ3n) is 11.9. The summed E-state index contributed by atoms with van der Waals surface area (Å²) in [6.45, 7) is 6.50. The van der Waals surface area contributed by atoms with Crippen LogP contribution in [0, 0.1) is 0 Å². The SMILES string of the molecule is CC(C)(C)c1cnc(-n2c3cc(Oc4ccc5c6ccccc6n(-c6ccccn6)c5c4)ccc3c3ccc(Oc4ccc5c6ccccc6n(-c6ccccn6)c5c4)cc32)nc1. The van der Waals surface area contributed by atoms with Crippen molar-refractivity contribution in [1.82, 2.24) is 33.6 Å². The molecule has 6 aromatic carbocycles. The van der Waals surface area contributed by atoms with Gasteiger partial charge < -0.3 is 9.47 Å². The Balaban J connectivity index is 0.972. The first-order valence-corrected chi connectivity index (χ1v) is 21.0. The molecule has 0 aliphatic rings. The fraction of sp³-hybridized carbons (Fsp3) is 0.0741. The van der Waals surface area contributed by atoms with Crippen LogP contribution in [0.2, 0.25) is 0 Å². The Morgan fingerprint density at radius 1 is 0.365 bits per heavy atom. The van der Waals surface area contributed by atoms with Gasteiger partial charge in [0.25, 0.3) is 0 Å². The minimum atomic E-state index is -0.103. The van der Waals surface area contributed by atoms with E-state index in [1.807, 2.05) is 85.5 Å². The number of ether oxygens (including phenoxy) is 2. The topological polar surface area (TPSA) is 84.8 Å². The van der Waals surface area contributed by atoms with Crippen LogP contribution in [-0.4, -0.2) is 33.6 Å². The van der Waals surface area contributed by atoms with Crippen LogP contribution in [0.15, 0.2) is 183 Å². The first-order chi connectivity index (χ1) is 30.9. The molecule has 6 heterocycles. The average Bonchev–Trinajstić information content (AvgIpc) is 3.94. The highest BCUT2D eigenvalue weighted by atomic mass is 16.5. The predicted molar refractivity (Wildman–Crippen MR) is 252 cm³/mol. The second-order valence-electron chi connectivity index (χ2n) is 16.9. The summed E-state index contributed by atoms with van der Waals surface area (Å²) in [4.78, 5) is 19.3. The number of fused-ring (bicyclic) bond motifs is 9. The van der Waals surface area contributed by atoms with Gasteiger partial charge in [-0.3, -0.25) is 13.7 Å². The summed E-state index contributed by atoms with van der Waals surface area (Å²) >= 11 is 0. The highest BCUT2D eigenvalue weighted by molar-refractivity contribution is 6.11. The van der Waals surface area contributed by atoms with Gasteiger partial charge in [0.15, 0.2) is 0 Å². The monoisotopic (exact) mass is 817 g/mol. The standard InChI is InChI=1S/C54H39N7O2/c1-54(2,3)34-32-57-53(58-33-34)61-49-30-37(62-35-18-22-41-39-12-4-6-14-45(39)59(47(41)28-35)51-16-8-10-26-55-51)20-24-43(49)44-25-21-38(31-50(44)61)63-36-19-23-42-40-13-5-7-15-46(40)60(48(42)29-36)52-17-9-11-27-56-52/h4-33H,1-3H3. The molecular weight excluding hydrogens is 779 g/mol. The van der Waals surface area contributed by atoms with E-state index >= 15 is 0 Å². The molecule has 0 spiro atoms. The van der Waals surface area contributed by atoms with Crippen molar-refractivity contribution < 1.29 is 9.47 Å². The number of aromatic nitrogens is 7. The molecule has 9 heteroatoms. The number of hydrogen-bond donors (Lipinski definition) is 0. The molecule has 6 aromatic heterocycles. The molecule has 0 aliphatic heterocycles. The molecule has 0 saturated heterocycles. The Bertz CT molecular complexity index is 3500. The highest BCUT2D eigenvalue weighted by Gasteiger charge is 2.21. The number of rotatable bonds is 7. The second-order valence-corrected chi connectivity index (χ2v) is 16.9. The Labute approximate surface area is 362 Å². The maximum atomic E-state index is 6.71. The summed E-state index contributed by atoms with van der Waals surface area (Å²) in [5, 5.41) is 6.65. The molecule has 0 N–H and O–H groups in total. The van der Waals surface area contributed by atoms with Gasteiger partial charge in [-0.2, -0.15) is 0 Å². The lowest BCUT2D eigenvalue weighted by molar-refractivity contribution is 0.484. The molecule has 302 valence electrons. The number of benzene rings is 6. The van der Waals surface area contributed by atoms with E-state index in [-0.39, 0.29) is 5.41 Å². The predicted octanol–water partition coefficient (Wildman–Crippen LogP) is 13.4. The van der Waals surface area contributed by atoms with Gasteiger partial charge in [-0.25, -0.2) is 19.9 Å². The van der Waals surface area contributed by atoms with E-state index in [1.165, 1.54) is 0 Å². The van der Waals surface area contributed by atoms with Crippen LogP contribution in [0.25, 0.3) is 83.0 Å². The van der Waals surface area contributed by atoms with Crippen LogP contribution in [-0.2, 0) is 5.41 Å². The third kappa shape index (κ3) is 6.08. The second kappa shape index (κ2) is 14.1. The Morgan fingerprint density at radius 2 is 0.730 bits per heavy atom. The zero-order valence-electron chi connectivity index (χ0n) is 34.8. The molecule has 0 bridgehead atoms. The smallest absolute Gasteiger partial charge is 0.234 e. The first kappa shape index (κ1) is 36.5. The molecule has 0 aliphatic carbocycles. The maximum Gasteiger partial charge on any atom is 0.234 e. The third-order valence-corrected chi connectivity index (χ3v) is 11.9. The van der Waals surface area contributed by atoms with Gasteiger partial charge in [-0.05, 0) is 95.9 Å². The zero-order chi connectivity index (χ0) is 42.2. The fourth-order valence-electron chi connectivity index (χ4n) is 8.91. The zero-order valence-corrected chi connectivity index (χ0v) is 34.8. The lowest BCUT2D eigenvalue weighted by Gasteiger charge is -2.18. The fourth-order valence-corrected chi connectivity index (χ4v) is 8.91. The number of nitrogens with zero attached hydrogens (tertiary/aromatic N) is 7. The maximum absolute atomic E-state index is 6.71. The molecule has 0 saturated carbocycles. The highest BCUT2D eigenvalue weighted by Crippen LogP contribution is 2.40. The van der Waals surface area contributed by atoms with Gasteiger partial charge in [0.2, 0.25) is 5.95 Å². The summed E-state index contributed by atoms with van der Waals surface area (Å²) in [5.41, 5.74) is 6.97. The van der Waals surface area contributed by atoms with Crippen LogP contribution in [0.4, 0.5) is 0 Å². The van der Waals surface area contributed by atoms with Crippen molar-refractivity contribution in [2.45, 2.75) is 26.2 Å². The summed E-state index contributed by atoms with van der Waals surface area (Å²) in [6, 6.07) is 53.7. The van der Waals surface area contributed by atoms with E-state index in [9.17, 15) is 0 Å². The van der Waals surface area contributed by atoms with Gasteiger partial charge >= 0.3 is 0 Å². The molecule has 0 unspecified atom stereocenters. The molecule has 9 nitrogen and oxygen atoms in total. The van der Waals surface area contributed by atoms with Crippen LogP contribution in [0.1, 0.15) is 26.3 Å². The van der Waals surface area contributed by atoms with E-state index in [1.54, 1.807) is 0 Å². The largest absolute Gasteiger partial charge is 0.457 e. The summed E-state index contributed by atoms with van der Waals surface area (Å²) in [6.07, 6.45) is 7.49. The van der Waals surface area contributed by atoms with Crippen molar-refractivity contribution in [2.75, 3.05) is 0 Å². The molecule has 63 heavy (non-hydrogen) atoms. The van der Waals surface area contributed by atoms with Gasteiger partial charge in [0.1, 0.15) is 34.6 Å². The van der Waals surface area contributed by atoms with E-state index in [0.29, 0.717) is 28.9 Å². The average molecular weight is 818 g/mol. The van der Waals surface area contributed by atoms with Gasteiger partial charge in [0, 0.05) is 81.4 Å². The van der Waals surface area contributed by atoms with Crippen molar-refractivity contribution in [3.63, 3.8) is 0 Å². The van der Waals surface area contributed by atoms with E-state index in [4.69, 9.17) is 29.4 Å². The molecule has 0 radical (unpaired) electrons. The minimum absolute atomic E-state index is 0.103. The van der Waals surface area contributed by atoms with Crippen molar-refractivity contribution in [3.05, 3.63) is 188 Å². The lowest BCUT2D eigenvalue weighted by Crippen LogP contribution is -2.13. The van der Waals surface area contributed by atoms with Crippen molar-refractivity contribution >= 4 is 65.4 Å². The molecule has 0 fully saturated rings. The number of para-hydroxylation sites is 2. The van der Waals surface area contributed by atoms with Crippen LogP contribution in [0.5, 0.6) is 23.0 Å². The Morgan fingerprint density at radius 3 is 1.11 bits per heavy atom. The minimum Gasteiger partial charge on any atom is -0.457 e. The van der Waals surface area contributed by atoms with Crippen LogP contribution >= 0.6 is 0 Å². The molecule has 0 amide bonds. The Kier molecular flexibility index (Phi) is 8.20. The first-order valence-electron chi connectivity index (χ1n) is 21.0. The lowest BCUT2D eigenvalue weighted by atomic mass is 9.89. The molecule has 12 aromatic rings. The number of hydrogen-bond acceptors (Lipinski definition) is 6. The van der Waals surface area contributed by atoms with Crippen molar-refractivity contribution in [1.29, 1.82) is 0 Å². The van der Waals surface area contributed by atoms with Gasteiger partial charge in [0.05, 0.1) is 33.1 Å². The van der Waals surface area contributed by atoms with Gasteiger partial charge in [-0.15, -0.1) is 0 Å². The summed E-state index contributed by atoms with van der Waals surface area (Å²) < 4.78 is 19.9. The van der Waals surface area contributed by atoms with E-state index in [0.717, 1.165) is 82.6 Å². The normalized spacial score (nSPS) is 12.0. The molecular formula is C54H39N7O2. The quantitative estimate of drug-likeness (QED) is 0.159. The van der Waals surface area contributed by atoms with Crippen molar-refractivity contribution in [2.24, 2.45) is 0 Å². The number of pyridine rings is 2.